The molecule has 6 heteroatoms. The van der Waals surface area contributed by atoms with E-state index >= 15 is 0 Å². The number of amides is 2. The average molecular weight is 386 g/mol. The Labute approximate surface area is 169 Å². The second kappa shape index (κ2) is 7.67. The summed E-state index contributed by atoms with van der Waals surface area (Å²) in [6.07, 6.45) is -0.124. The number of hydrogen-bond acceptors (Lipinski definition) is 4. The maximum Gasteiger partial charge on any atom is 0.257 e. The molecule has 0 aliphatic carbocycles. The highest BCUT2D eigenvalue weighted by atomic mass is 16.2. The fourth-order valence-corrected chi connectivity index (χ4v) is 3.40. The molecule has 4 N–H and O–H groups in total. The largest absolute Gasteiger partial charge is 0.397 e. The van der Waals surface area contributed by atoms with Gasteiger partial charge in [-0.3, -0.25) is 9.59 Å². The topological polar surface area (TPSA) is 87.5 Å². The van der Waals surface area contributed by atoms with Gasteiger partial charge in [0.05, 0.1) is 23.1 Å². The first-order chi connectivity index (χ1) is 14.0. The Morgan fingerprint density at radius 3 is 2.48 bits per heavy atom. The van der Waals surface area contributed by atoms with Crippen LogP contribution in [0.25, 0.3) is 0 Å². The van der Waals surface area contributed by atoms with Crippen molar-refractivity contribution in [3.63, 3.8) is 0 Å². The van der Waals surface area contributed by atoms with Gasteiger partial charge in [-0.15, -0.1) is 0 Å². The molecule has 0 saturated carbocycles. The van der Waals surface area contributed by atoms with Crippen LogP contribution in [0.5, 0.6) is 0 Å². The number of carbonyl (C=O) groups is 2. The van der Waals surface area contributed by atoms with Crippen LogP contribution in [0.3, 0.4) is 0 Å². The molecular weight excluding hydrogens is 364 g/mol. The Hall–Kier alpha value is -3.80. The quantitative estimate of drug-likeness (QED) is 0.593. The van der Waals surface area contributed by atoms with Crippen molar-refractivity contribution in [1.29, 1.82) is 0 Å². The molecule has 0 bridgehead atoms. The minimum Gasteiger partial charge on any atom is -0.397 e. The van der Waals surface area contributed by atoms with Crippen LogP contribution in [0.2, 0.25) is 0 Å². The zero-order chi connectivity index (χ0) is 20.4. The second-order valence-electron chi connectivity index (χ2n) is 7.04. The van der Waals surface area contributed by atoms with E-state index in [1.54, 1.807) is 29.2 Å². The zero-order valence-electron chi connectivity index (χ0n) is 16.1. The van der Waals surface area contributed by atoms with Crippen LogP contribution in [0, 0.1) is 0 Å². The van der Waals surface area contributed by atoms with Crippen LogP contribution >= 0.6 is 0 Å². The predicted molar refractivity (Wildman–Crippen MR) is 115 cm³/mol. The molecular formula is C23H22N4O2. The van der Waals surface area contributed by atoms with Gasteiger partial charge in [0.15, 0.2) is 0 Å². The van der Waals surface area contributed by atoms with Gasteiger partial charge in [0, 0.05) is 17.8 Å². The first kappa shape index (κ1) is 18.6. The van der Waals surface area contributed by atoms with Crippen LogP contribution in [0.15, 0.2) is 72.8 Å². The molecule has 1 heterocycles. The molecule has 0 saturated heterocycles. The number of para-hydroxylation sites is 3. The van der Waals surface area contributed by atoms with E-state index < -0.39 is 0 Å². The van der Waals surface area contributed by atoms with E-state index in [0.29, 0.717) is 29.0 Å². The Balaban J connectivity index is 1.47. The number of rotatable bonds is 4. The minimum absolute atomic E-state index is 0.00628. The standard InChI is InChI=1S/C23H22N4O2/c1-15-25-20-8-4-2-6-18(20)23(29)27(15)14-16-10-12-17(13-11-16)22(28)26-21-9-5-3-7-19(21)24/h2-13,15,25H,14,24H2,1H3,(H,26,28). The SMILES string of the molecule is CC1Nc2ccccc2C(=O)N1Cc1ccc(C(=O)Nc2ccccc2N)cc1. The molecule has 146 valence electrons. The minimum atomic E-state index is -0.229. The molecule has 2 amide bonds. The first-order valence-corrected chi connectivity index (χ1v) is 9.44. The molecule has 4 rings (SSSR count). The van der Waals surface area contributed by atoms with Crippen molar-refractivity contribution in [3.05, 3.63) is 89.5 Å². The molecule has 1 unspecified atom stereocenters. The zero-order valence-corrected chi connectivity index (χ0v) is 16.1. The fourth-order valence-electron chi connectivity index (χ4n) is 3.40. The first-order valence-electron chi connectivity index (χ1n) is 9.44. The van der Waals surface area contributed by atoms with Gasteiger partial charge in [-0.25, -0.2) is 0 Å². The van der Waals surface area contributed by atoms with E-state index in [4.69, 9.17) is 5.73 Å². The summed E-state index contributed by atoms with van der Waals surface area (Å²) in [6.45, 7) is 2.41. The highest BCUT2D eigenvalue weighted by Gasteiger charge is 2.28. The molecule has 1 aliphatic heterocycles. The Kier molecular flexibility index (Phi) is 4.91. The van der Waals surface area contributed by atoms with Gasteiger partial charge < -0.3 is 21.3 Å². The molecule has 3 aromatic rings. The van der Waals surface area contributed by atoms with Crippen LogP contribution in [-0.4, -0.2) is 22.9 Å². The molecule has 1 aliphatic rings. The number of anilines is 3. The molecule has 0 radical (unpaired) electrons. The van der Waals surface area contributed by atoms with Crippen molar-refractivity contribution in [2.24, 2.45) is 0 Å². The highest BCUT2D eigenvalue weighted by Crippen LogP contribution is 2.26. The van der Waals surface area contributed by atoms with Gasteiger partial charge in [0.2, 0.25) is 0 Å². The summed E-state index contributed by atoms with van der Waals surface area (Å²) in [7, 11) is 0. The molecule has 0 fully saturated rings. The molecule has 6 nitrogen and oxygen atoms in total. The summed E-state index contributed by atoms with van der Waals surface area (Å²) in [4.78, 5) is 27.1. The number of nitrogens with zero attached hydrogens (tertiary/aromatic N) is 1. The third-order valence-electron chi connectivity index (χ3n) is 5.03. The molecule has 29 heavy (non-hydrogen) atoms. The number of carbonyl (C=O) groups excluding carboxylic acids is 2. The highest BCUT2D eigenvalue weighted by molar-refractivity contribution is 6.05. The summed E-state index contributed by atoms with van der Waals surface area (Å²) in [5.74, 6) is -0.235. The lowest BCUT2D eigenvalue weighted by atomic mass is 10.1. The number of fused-ring (bicyclic) bond motifs is 1. The van der Waals surface area contributed by atoms with Gasteiger partial charge >= 0.3 is 0 Å². The van der Waals surface area contributed by atoms with Gasteiger partial charge in [-0.1, -0.05) is 36.4 Å². The summed E-state index contributed by atoms with van der Waals surface area (Å²) < 4.78 is 0. The van der Waals surface area contributed by atoms with Crippen molar-refractivity contribution in [2.75, 3.05) is 16.4 Å². The van der Waals surface area contributed by atoms with Crippen LogP contribution in [0.4, 0.5) is 17.1 Å². The van der Waals surface area contributed by atoms with Crippen molar-refractivity contribution < 1.29 is 9.59 Å². The van der Waals surface area contributed by atoms with Crippen molar-refractivity contribution >= 4 is 28.9 Å². The molecule has 0 aromatic heterocycles. The van der Waals surface area contributed by atoms with E-state index in [1.165, 1.54) is 0 Å². The van der Waals surface area contributed by atoms with E-state index in [0.717, 1.165) is 11.3 Å². The van der Waals surface area contributed by atoms with Crippen LogP contribution in [-0.2, 0) is 6.54 Å². The smallest absolute Gasteiger partial charge is 0.257 e. The normalized spacial score (nSPS) is 15.4. The third kappa shape index (κ3) is 3.78. The van der Waals surface area contributed by atoms with Gasteiger partial charge in [0.25, 0.3) is 11.8 Å². The van der Waals surface area contributed by atoms with Gasteiger partial charge in [-0.2, -0.15) is 0 Å². The number of nitrogen functional groups attached to an aromatic ring is 1. The number of benzene rings is 3. The third-order valence-corrected chi connectivity index (χ3v) is 5.03. The Morgan fingerprint density at radius 2 is 1.72 bits per heavy atom. The van der Waals surface area contributed by atoms with Gasteiger partial charge in [0.1, 0.15) is 0 Å². The van der Waals surface area contributed by atoms with Crippen LogP contribution in [0.1, 0.15) is 33.2 Å². The van der Waals surface area contributed by atoms with E-state index in [-0.39, 0.29) is 18.0 Å². The second-order valence-corrected chi connectivity index (χ2v) is 7.04. The predicted octanol–water partition coefficient (Wildman–Crippen LogP) is 3.94. The van der Waals surface area contributed by atoms with Crippen molar-refractivity contribution in [2.45, 2.75) is 19.6 Å². The van der Waals surface area contributed by atoms with Gasteiger partial charge in [-0.05, 0) is 48.9 Å². The number of nitrogens with one attached hydrogen (secondary N) is 2. The average Bonchev–Trinajstić information content (AvgIpc) is 2.73. The molecule has 0 spiro atoms. The summed E-state index contributed by atoms with van der Waals surface area (Å²) in [5, 5.41) is 6.17. The fraction of sp³-hybridized carbons (Fsp3) is 0.130. The van der Waals surface area contributed by atoms with E-state index in [1.807, 2.05) is 55.5 Å². The Morgan fingerprint density at radius 1 is 1.03 bits per heavy atom. The summed E-state index contributed by atoms with van der Waals surface area (Å²) >= 11 is 0. The lowest BCUT2D eigenvalue weighted by Crippen LogP contribution is -2.46. The lowest BCUT2D eigenvalue weighted by Gasteiger charge is -2.36. The summed E-state index contributed by atoms with van der Waals surface area (Å²) in [5.41, 5.74) is 9.97. The van der Waals surface area contributed by atoms with E-state index in [2.05, 4.69) is 10.6 Å². The van der Waals surface area contributed by atoms with Crippen molar-refractivity contribution in [3.8, 4) is 0 Å². The maximum atomic E-state index is 12.9. The van der Waals surface area contributed by atoms with E-state index in [9.17, 15) is 9.59 Å². The number of nitrogens with two attached hydrogens (primary N) is 1. The van der Waals surface area contributed by atoms with Crippen molar-refractivity contribution in [1.82, 2.24) is 4.90 Å². The summed E-state index contributed by atoms with van der Waals surface area (Å²) in [6, 6.07) is 21.9. The number of hydrogen-bond donors (Lipinski definition) is 3. The maximum absolute atomic E-state index is 12.9. The Bertz CT molecular complexity index is 1060. The monoisotopic (exact) mass is 386 g/mol. The molecule has 1 atom stereocenters. The van der Waals surface area contributed by atoms with Crippen LogP contribution < -0.4 is 16.4 Å². The molecule has 3 aromatic carbocycles. The lowest BCUT2D eigenvalue weighted by molar-refractivity contribution is 0.0682.